The Balaban J connectivity index is 2.27. The van der Waals surface area contributed by atoms with Crippen LogP contribution in [-0.2, 0) is 6.42 Å². The molecule has 0 unspecified atom stereocenters. The summed E-state index contributed by atoms with van der Waals surface area (Å²) >= 11 is 0. The molecule has 0 spiro atoms. The van der Waals surface area contributed by atoms with Crippen molar-refractivity contribution in [3.05, 3.63) is 103 Å². The maximum Gasteiger partial charge on any atom is -0.00945 e. The standard InChI is InChI=1S/C22H24/c1-3-11-20(18-17-19-13-7-5-8-14-19)22(12-4-2)21-15-9-6-10-16-21/h3-10,13-16H,1-2,11-12,17-18H2. The molecule has 0 amide bonds. The Bertz CT molecular complexity index is 618. The minimum atomic E-state index is 0.905. The fraction of sp³-hybridized carbons (Fsp3) is 0.182. The zero-order valence-electron chi connectivity index (χ0n) is 13.2. The first-order valence-corrected chi connectivity index (χ1v) is 7.87. The van der Waals surface area contributed by atoms with Crippen molar-refractivity contribution in [1.29, 1.82) is 0 Å². The number of hydrogen-bond donors (Lipinski definition) is 0. The van der Waals surface area contributed by atoms with E-state index in [0.717, 1.165) is 25.7 Å². The summed E-state index contributed by atoms with van der Waals surface area (Å²) in [5, 5.41) is 0. The van der Waals surface area contributed by atoms with E-state index in [0.29, 0.717) is 0 Å². The molecule has 2 aromatic carbocycles. The number of hydrogen-bond acceptors (Lipinski definition) is 0. The van der Waals surface area contributed by atoms with Crippen molar-refractivity contribution in [3.63, 3.8) is 0 Å². The molecule has 0 heteroatoms. The Morgan fingerprint density at radius 1 is 0.773 bits per heavy atom. The summed E-state index contributed by atoms with van der Waals surface area (Å²) in [4.78, 5) is 0. The van der Waals surface area contributed by atoms with Gasteiger partial charge < -0.3 is 0 Å². The number of rotatable bonds is 8. The number of benzene rings is 2. The summed E-state index contributed by atoms with van der Waals surface area (Å²) in [7, 11) is 0. The van der Waals surface area contributed by atoms with Gasteiger partial charge in [-0.05, 0) is 42.4 Å². The van der Waals surface area contributed by atoms with Crippen molar-refractivity contribution in [2.24, 2.45) is 0 Å². The summed E-state index contributed by atoms with van der Waals surface area (Å²) in [6, 6.07) is 21.3. The van der Waals surface area contributed by atoms with Crippen molar-refractivity contribution < 1.29 is 0 Å². The lowest BCUT2D eigenvalue weighted by atomic mass is 9.91. The summed E-state index contributed by atoms with van der Waals surface area (Å²) in [5.41, 5.74) is 5.54. The SMILES string of the molecule is C=CCC(CCc1ccccc1)=C(CC=C)c1ccccc1. The van der Waals surface area contributed by atoms with Gasteiger partial charge in [-0.25, -0.2) is 0 Å². The molecular weight excluding hydrogens is 264 g/mol. The summed E-state index contributed by atoms with van der Waals surface area (Å²) in [5.74, 6) is 0. The fourth-order valence-corrected chi connectivity index (χ4v) is 2.74. The lowest BCUT2D eigenvalue weighted by Crippen LogP contribution is -1.95. The van der Waals surface area contributed by atoms with Crippen LogP contribution in [0.15, 0.2) is 91.5 Å². The van der Waals surface area contributed by atoms with E-state index in [1.165, 1.54) is 22.3 Å². The molecule has 0 radical (unpaired) electrons. The predicted octanol–water partition coefficient (Wildman–Crippen LogP) is 6.23. The monoisotopic (exact) mass is 288 g/mol. The second-order valence-corrected chi connectivity index (χ2v) is 5.42. The molecule has 0 aliphatic heterocycles. The van der Waals surface area contributed by atoms with Crippen LogP contribution in [0.5, 0.6) is 0 Å². The van der Waals surface area contributed by atoms with Crippen molar-refractivity contribution in [2.45, 2.75) is 25.7 Å². The molecule has 0 nitrogen and oxygen atoms in total. The average Bonchev–Trinajstić information content (AvgIpc) is 2.58. The normalized spacial score (nSPS) is 11.6. The Hall–Kier alpha value is -2.34. The van der Waals surface area contributed by atoms with Crippen molar-refractivity contribution in [1.82, 2.24) is 0 Å². The zero-order valence-corrected chi connectivity index (χ0v) is 13.2. The minimum Gasteiger partial charge on any atom is -0.103 e. The first-order valence-electron chi connectivity index (χ1n) is 7.87. The quantitative estimate of drug-likeness (QED) is 0.505. The van der Waals surface area contributed by atoms with E-state index in [1.807, 2.05) is 12.2 Å². The van der Waals surface area contributed by atoms with Gasteiger partial charge in [-0.1, -0.05) is 78.4 Å². The summed E-state index contributed by atoms with van der Waals surface area (Å²) in [6.07, 6.45) is 7.97. The van der Waals surface area contributed by atoms with Crippen LogP contribution in [0.3, 0.4) is 0 Å². The Kier molecular flexibility index (Phi) is 6.44. The first kappa shape index (κ1) is 16.0. The third kappa shape index (κ3) is 4.60. The Morgan fingerprint density at radius 3 is 1.95 bits per heavy atom. The van der Waals surface area contributed by atoms with Crippen molar-refractivity contribution in [3.8, 4) is 0 Å². The van der Waals surface area contributed by atoms with Crippen molar-refractivity contribution >= 4 is 5.57 Å². The summed E-state index contributed by atoms with van der Waals surface area (Å²) in [6.45, 7) is 7.86. The highest BCUT2D eigenvalue weighted by molar-refractivity contribution is 5.70. The second kappa shape index (κ2) is 8.84. The number of allylic oxidation sites excluding steroid dienone is 4. The molecule has 0 heterocycles. The zero-order chi connectivity index (χ0) is 15.6. The molecule has 0 saturated carbocycles. The van der Waals surface area contributed by atoms with Crippen LogP contribution < -0.4 is 0 Å². The highest BCUT2D eigenvalue weighted by Crippen LogP contribution is 2.28. The molecule has 112 valence electrons. The molecule has 0 aromatic heterocycles. The van der Waals surface area contributed by atoms with Gasteiger partial charge in [0.25, 0.3) is 0 Å². The molecule has 0 N–H and O–H groups in total. The predicted molar refractivity (Wildman–Crippen MR) is 97.8 cm³/mol. The van der Waals surface area contributed by atoms with Gasteiger partial charge in [0.1, 0.15) is 0 Å². The van der Waals surface area contributed by atoms with Crippen LogP contribution in [-0.4, -0.2) is 0 Å². The van der Waals surface area contributed by atoms with Gasteiger partial charge in [0.05, 0.1) is 0 Å². The van der Waals surface area contributed by atoms with E-state index in [-0.39, 0.29) is 0 Å². The second-order valence-electron chi connectivity index (χ2n) is 5.42. The smallest absolute Gasteiger partial charge is 0.00945 e. The van der Waals surface area contributed by atoms with Gasteiger partial charge in [-0.2, -0.15) is 0 Å². The third-order valence-corrected chi connectivity index (χ3v) is 3.85. The van der Waals surface area contributed by atoms with Gasteiger partial charge in [-0.3, -0.25) is 0 Å². The molecule has 2 aromatic rings. The topological polar surface area (TPSA) is 0 Å². The van der Waals surface area contributed by atoms with Crippen LogP contribution in [0.4, 0.5) is 0 Å². The van der Waals surface area contributed by atoms with E-state index >= 15 is 0 Å². The fourth-order valence-electron chi connectivity index (χ4n) is 2.74. The average molecular weight is 288 g/mol. The molecule has 2 rings (SSSR count). The number of aryl methyl sites for hydroxylation is 1. The molecule has 0 bridgehead atoms. The van der Waals surface area contributed by atoms with Gasteiger partial charge >= 0.3 is 0 Å². The lowest BCUT2D eigenvalue weighted by Gasteiger charge is -2.14. The van der Waals surface area contributed by atoms with Crippen LogP contribution in [0.2, 0.25) is 0 Å². The highest BCUT2D eigenvalue weighted by atomic mass is 14.1. The van der Waals surface area contributed by atoms with E-state index < -0.39 is 0 Å². The van der Waals surface area contributed by atoms with Gasteiger partial charge in [-0.15, -0.1) is 13.2 Å². The third-order valence-electron chi connectivity index (χ3n) is 3.85. The minimum absolute atomic E-state index is 0.905. The van der Waals surface area contributed by atoms with Gasteiger partial charge in [0.15, 0.2) is 0 Å². The van der Waals surface area contributed by atoms with E-state index in [2.05, 4.69) is 73.8 Å². The lowest BCUT2D eigenvalue weighted by molar-refractivity contribution is 0.909. The summed E-state index contributed by atoms with van der Waals surface area (Å²) < 4.78 is 0. The van der Waals surface area contributed by atoms with Crippen LogP contribution in [0.25, 0.3) is 5.57 Å². The molecule has 22 heavy (non-hydrogen) atoms. The van der Waals surface area contributed by atoms with Gasteiger partial charge in [0, 0.05) is 0 Å². The Morgan fingerprint density at radius 2 is 1.36 bits per heavy atom. The molecule has 0 aliphatic rings. The maximum atomic E-state index is 3.93. The van der Waals surface area contributed by atoms with E-state index in [1.54, 1.807) is 0 Å². The van der Waals surface area contributed by atoms with Crippen LogP contribution in [0, 0.1) is 0 Å². The molecule has 0 fully saturated rings. The molecule has 0 aliphatic carbocycles. The first-order chi connectivity index (χ1) is 10.8. The maximum absolute atomic E-state index is 3.93. The van der Waals surface area contributed by atoms with Crippen LogP contribution in [0.1, 0.15) is 30.4 Å². The molecule has 0 saturated heterocycles. The largest absolute Gasteiger partial charge is 0.103 e. The Labute approximate surface area is 134 Å². The molecular formula is C22H24. The van der Waals surface area contributed by atoms with Crippen LogP contribution >= 0.6 is 0 Å². The van der Waals surface area contributed by atoms with E-state index in [4.69, 9.17) is 0 Å². The highest BCUT2D eigenvalue weighted by Gasteiger charge is 2.07. The van der Waals surface area contributed by atoms with Crippen molar-refractivity contribution in [2.75, 3.05) is 0 Å². The molecule has 0 atom stereocenters. The van der Waals surface area contributed by atoms with Gasteiger partial charge in [0.2, 0.25) is 0 Å². The van der Waals surface area contributed by atoms with E-state index in [9.17, 15) is 0 Å².